The molecular formula is C20H22N2O5. The number of hydroxylamine groups is 2. The fourth-order valence-electron chi connectivity index (χ4n) is 3.16. The van der Waals surface area contributed by atoms with Crippen molar-refractivity contribution in [2.75, 3.05) is 13.1 Å². The summed E-state index contributed by atoms with van der Waals surface area (Å²) in [4.78, 5) is 30.2. The number of hydrogen-bond donors (Lipinski definition) is 0. The Morgan fingerprint density at radius 1 is 1.26 bits per heavy atom. The second-order valence-electron chi connectivity index (χ2n) is 6.57. The van der Waals surface area contributed by atoms with Gasteiger partial charge in [-0.2, -0.15) is 5.26 Å². The third kappa shape index (κ3) is 4.47. The molecule has 0 aliphatic carbocycles. The number of carbonyl (C=O) groups is 2. The van der Waals surface area contributed by atoms with Gasteiger partial charge in [0.1, 0.15) is 12.2 Å². The molecule has 1 saturated heterocycles. The van der Waals surface area contributed by atoms with Crippen molar-refractivity contribution >= 4 is 22.7 Å². The molecule has 2 aromatic rings. The van der Waals surface area contributed by atoms with Crippen LogP contribution in [-0.2, 0) is 14.4 Å². The molecule has 7 heteroatoms. The fraction of sp³-hybridized carbons (Fsp3) is 0.450. The summed E-state index contributed by atoms with van der Waals surface area (Å²) in [5, 5.41) is 12.2. The van der Waals surface area contributed by atoms with E-state index in [2.05, 4.69) is 0 Å². The van der Waals surface area contributed by atoms with Crippen LogP contribution in [0.15, 0.2) is 29.1 Å². The highest BCUT2D eigenvalue weighted by Gasteiger charge is 2.24. The van der Waals surface area contributed by atoms with E-state index in [-0.39, 0.29) is 17.5 Å². The Morgan fingerprint density at radius 3 is 2.74 bits per heavy atom. The molecule has 7 nitrogen and oxygen atoms in total. The summed E-state index contributed by atoms with van der Waals surface area (Å²) in [6.45, 7) is 3.29. The van der Waals surface area contributed by atoms with Gasteiger partial charge in [0.15, 0.2) is 0 Å². The van der Waals surface area contributed by atoms with Crippen molar-refractivity contribution in [2.24, 2.45) is 0 Å². The van der Waals surface area contributed by atoms with Gasteiger partial charge in [-0.15, -0.1) is 5.06 Å². The molecule has 0 saturated carbocycles. The van der Waals surface area contributed by atoms with Crippen molar-refractivity contribution in [1.82, 2.24) is 5.06 Å². The molecule has 1 aliphatic heterocycles. The Bertz CT molecular complexity index is 861. The van der Waals surface area contributed by atoms with Crippen LogP contribution < -0.4 is 0 Å². The third-order valence-electron chi connectivity index (χ3n) is 4.65. The molecule has 1 aromatic carbocycles. The van der Waals surface area contributed by atoms with Crippen LogP contribution in [0.5, 0.6) is 0 Å². The Morgan fingerprint density at radius 2 is 2.04 bits per heavy atom. The van der Waals surface area contributed by atoms with Gasteiger partial charge in [0.2, 0.25) is 0 Å². The second-order valence-corrected chi connectivity index (χ2v) is 6.57. The Kier molecular flexibility index (Phi) is 6.09. The summed E-state index contributed by atoms with van der Waals surface area (Å²) >= 11 is 0. The summed E-state index contributed by atoms with van der Waals surface area (Å²) in [7, 11) is 0. The lowest BCUT2D eigenvalue weighted by atomic mass is 10.0. The third-order valence-corrected chi connectivity index (χ3v) is 4.65. The van der Waals surface area contributed by atoms with Crippen LogP contribution in [-0.4, -0.2) is 36.2 Å². The van der Waals surface area contributed by atoms with Crippen molar-refractivity contribution in [3.05, 3.63) is 35.8 Å². The second kappa shape index (κ2) is 8.69. The maximum atomic E-state index is 12.7. The Labute approximate surface area is 157 Å². The minimum Gasteiger partial charge on any atom is -0.471 e. The van der Waals surface area contributed by atoms with Crippen LogP contribution >= 0.6 is 0 Å². The van der Waals surface area contributed by atoms with E-state index in [4.69, 9.17) is 14.0 Å². The van der Waals surface area contributed by atoms with Crippen molar-refractivity contribution in [3.8, 4) is 6.07 Å². The zero-order valence-electron chi connectivity index (χ0n) is 15.3. The highest BCUT2D eigenvalue weighted by Crippen LogP contribution is 2.25. The molecule has 1 atom stereocenters. The molecule has 0 amide bonds. The summed E-state index contributed by atoms with van der Waals surface area (Å²) in [6.07, 6.45) is 5.88. The van der Waals surface area contributed by atoms with Crippen LogP contribution in [0.1, 0.15) is 54.9 Å². The minimum atomic E-state index is -0.642. The number of nitriles is 1. The number of nitrogens with zero attached hydrogens (tertiary/aromatic N) is 2. The molecule has 1 aromatic heterocycles. The molecule has 1 fully saturated rings. The van der Waals surface area contributed by atoms with Crippen LogP contribution in [0.25, 0.3) is 10.8 Å². The predicted molar refractivity (Wildman–Crippen MR) is 96.6 cm³/mol. The SMILES string of the molecule is CCC(CC(=O)ON1CCCCC1)OC(=O)c1c(C#N)ccc2cocc12. The molecule has 1 unspecified atom stereocenters. The average molecular weight is 370 g/mol. The van der Waals surface area contributed by atoms with Gasteiger partial charge in [0.05, 0.1) is 30.1 Å². The molecule has 142 valence electrons. The lowest BCUT2D eigenvalue weighted by Crippen LogP contribution is -2.34. The van der Waals surface area contributed by atoms with E-state index in [0.29, 0.717) is 17.2 Å². The van der Waals surface area contributed by atoms with Gasteiger partial charge < -0.3 is 14.0 Å². The minimum absolute atomic E-state index is 0.0258. The van der Waals surface area contributed by atoms with Crippen molar-refractivity contribution in [1.29, 1.82) is 5.26 Å². The van der Waals surface area contributed by atoms with Gasteiger partial charge in [-0.05, 0) is 31.4 Å². The first-order chi connectivity index (χ1) is 13.1. The number of carbonyl (C=O) groups excluding carboxylic acids is 2. The van der Waals surface area contributed by atoms with Crippen LogP contribution in [0.4, 0.5) is 0 Å². The molecule has 0 radical (unpaired) electrons. The molecule has 2 heterocycles. The van der Waals surface area contributed by atoms with Crippen LogP contribution in [0, 0.1) is 11.3 Å². The van der Waals surface area contributed by atoms with Gasteiger partial charge in [0.25, 0.3) is 0 Å². The molecule has 0 bridgehead atoms. The summed E-state index contributed by atoms with van der Waals surface area (Å²) in [6, 6.07) is 5.27. The quantitative estimate of drug-likeness (QED) is 0.718. The van der Waals surface area contributed by atoms with Gasteiger partial charge in [0, 0.05) is 23.9 Å². The highest BCUT2D eigenvalue weighted by atomic mass is 16.7. The number of rotatable bonds is 6. The molecule has 0 N–H and O–H groups in total. The van der Waals surface area contributed by atoms with E-state index in [1.54, 1.807) is 17.2 Å². The fourth-order valence-corrected chi connectivity index (χ4v) is 3.16. The highest BCUT2D eigenvalue weighted by molar-refractivity contribution is 6.06. The molecule has 1 aliphatic rings. The Balaban J connectivity index is 1.67. The van der Waals surface area contributed by atoms with Gasteiger partial charge in [-0.3, -0.25) is 4.79 Å². The summed E-state index contributed by atoms with van der Waals surface area (Å²) < 4.78 is 10.7. The molecule has 27 heavy (non-hydrogen) atoms. The van der Waals surface area contributed by atoms with Crippen LogP contribution in [0.2, 0.25) is 0 Å². The first-order valence-corrected chi connectivity index (χ1v) is 9.18. The zero-order chi connectivity index (χ0) is 19.2. The standard InChI is InChI=1S/C20H22N2O5/c1-2-16(10-18(23)27-22-8-4-3-5-9-22)26-20(24)19-14(11-21)6-7-15-12-25-13-17(15)19/h6-7,12-13,16H,2-5,8-10H2,1H3. The van der Waals surface area contributed by atoms with Crippen molar-refractivity contribution < 1.29 is 23.6 Å². The lowest BCUT2D eigenvalue weighted by molar-refractivity contribution is -0.196. The number of hydrogen-bond acceptors (Lipinski definition) is 7. The van der Waals surface area contributed by atoms with Crippen LogP contribution in [0.3, 0.4) is 0 Å². The number of esters is 1. The van der Waals surface area contributed by atoms with E-state index in [0.717, 1.165) is 32.4 Å². The topological polar surface area (TPSA) is 92.8 Å². The number of fused-ring (bicyclic) bond motifs is 1. The van der Waals surface area contributed by atoms with E-state index >= 15 is 0 Å². The average Bonchev–Trinajstić information content (AvgIpc) is 3.15. The normalized spacial score (nSPS) is 15.9. The maximum absolute atomic E-state index is 12.7. The zero-order valence-corrected chi connectivity index (χ0v) is 15.3. The van der Waals surface area contributed by atoms with Gasteiger partial charge in [-0.25, -0.2) is 4.79 Å². The molecular weight excluding hydrogens is 348 g/mol. The summed E-state index contributed by atoms with van der Waals surface area (Å²) in [5.41, 5.74) is 0.367. The smallest absolute Gasteiger partial charge is 0.340 e. The van der Waals surface area contributed by atoms with Gasteiger partial charge in [-0.1, -0.05) is 13.3 Å². The molecule has 0 spiro atoms. The number of piperidine rings is 1. The summed E-state index contributed by atoms with van der Waals surface area (Å²) in [5.74, 6) is -1.06. The number of ether oxygens (including phenoxy) is 1. The van der Waals surface area contributed by atoms with E-state index < -0.39 is 18.0 Å². The van der Waals surface area contributed by atoms with Crippen molar-refractivity contribution in [3.63, 3.8) is 0 Å². The number of furan rings is 1. The first kappa shape index (κ1) is 18.9. The molecule has 3 rings (SSSR count). The lowest BCUT2D eigenvalue weighted by Gasteiger charge is -2.25. The first-order valence-electron chi connectivity index (χ1n) is 9.18. The predicted octanol–water partition coefficient (Wildman–Crippen LogP) is 3.57. The largest absolute Gasteiger partial charge is 0.471 e. The monoisotopic (exact) mass is 370 g/mol. The van der Waals surface area contributed by atoms with Crippen molar-refractivity contribution in [2.45, 2.75) is 45.1 Å². The number of benzene rings is 1. The van der Waals surface area contributed by atoms with E-state index in [9.17, 15) is 14.9 Å². The Hall–Kier alpha value is -2.85. The van der Waals surface area contributed by atoms with E-state index in [1.165, 1.54) is 12.5 Å². The van der Waals surface area contributed by atoms with Gasteiger partial charge >= 0.3 is 11.9 Å². The van der Waals surface area contributed by atoms with E-state index in [1.807, 2.05) is 13.0 Å². The maximum Gasteiger partial charge on any atom is 0.340 e.